The Hall–Kier alpha value is -2.56. The zero-order chi connectivity index (χ0) is 20.2. The fraction of sp³-hybridized carbons (Fsp3) is 0.500. The number of hydrogen-bond acceptors (Lipinski definition) is 2. The first-order valence-corrected chi connectivity index (χ1v) is 10.9. The van der Waals surface area contributed by atoms with E-state index >= 15 is 0 Å². The van der Waals surface area contributed by atoms with Gasteiger partial charge in [-0.2, -0.15) is 0 Å². The summed E-state index contributed by atoms with van der Waals surface area (Å²) in [6, 6.07) is 14.0. The average Bonchev–Trinajstić information content (AvgIpc) is 3.52. The maximum Gasteiger partial charge on any atom is 0.254 e. The van der Waals surface area contributed by atoms with Crippen LogP contribution >= 0.6 is 0 Å². The van der Waals surface area contributed by atoms with Crippen LogP contribution < -0.4 is 0 Å². The molecule has 4 rings (SSSR count). The fourth-order valence-corrected chi connectivity index (χ4v) is 4.38. The third kappa shape index (κ3) is 4.72. The molecule has 2 aliphatic carbocycles. The molecular weight excluding hydrogens is 362 g/mol. The van der Waals surface area contributed by atoms with Crippen LogP contribution in [0.1, 0.15) is 61.0 Å². The molecule has 2 amide bonds. The van der Waals surface area contributed by atoms with Crippen LogP contribution in [0.25, 0.3) is 0 Å². The molecule has 1 heterocycles. The van der Waals surface area contributed by atoms with E-state index in [0.717, 1.165) is 44.2 Å². The Kier molecular flexibility index (Phi) is 6.02. The lowest BCUT2D eigenvalue weighted by Gasteiger charge is -2.35. The quantitative estimate of drug-likeness (QED) is 0.714. The van der Waals surface area contributed by atoms with Crippen molar-refractivity contribution in [3.05, 3.63) is 59.9 Å². The maximum absolute atomic E-state index is 13.4. The molecule has 0 spiro atoms. The van der Waals surface area contributed by atoms with Gasteiger partial charge in [0.25, 0.3) is 5.91 Å². The van der Waals surface area contributed by atoms with Crippen molar-refractivity contribution in [3.8, 4) is 0 Å². The minimum atomic E-state index is -0.0135. The predicted octanol–water partition coefficient (Wildman–Crippen LogP) is 3.99. The smallest absolute Gasteiger partial charge is 0.254 e. The van der Waals surface area contributed by atoms with Gasteiger partial charge in [-0.25, -0.2) is 0 Å². The lowest BCUT2D eigenvalue weighted by Crippen LogP contribution is -2.48. The average molecular weight is 394 g/mol. The molecule has 0 N–H and O–H groups in total. The lowest BCUT2D eigenvalue weighted by molar-refractivity contribution is -0.133. The van der Waals surface area contributed by atoms with Crippen molar-refractivity contribution < 1.29 is 9.59 Å². The summed E-state index contributed by atoms with van der Waals surface area (Å²) in [5, 5.41) is 0. The monoisotopic (exact) mass is 393 g/mol. The molecule has 5 heteroatoms. The summed E-state index contributed by atoms with van der Waals surface area (Å²) in [6.07, 6.45) is 9.61. The standard InChI is InChI=1S/C24H31N3O2/c1-25-16-8-13-22(25)17-26(21-14-15-21)23(28)18-27(20-11-6-3-7-12-20)24(29)19-9-4-2-5-10-19/h2,4-5,8-10,13,16,20-21H,3,6-7,11-12,14-15,17-18H2,1H3. The second-order valence-electron chi connectivity index (χ2n) is 8.45. The highest BCUT2D eigenvalue weighted by atomic mass is 16.2. The van der Waals surface area contributed by atoms with Crippen LogP contribution in [0.4, 0.5) is 0 Å². The minimum absolute atomic E-state index is 0.0135. The predicted molar refractivity (Wildman–Crippen MR) is 113 cm³/mol. The summed E-state index contributed by atoms with van der Waals surface area (Å²) in [4.78, 5) is 30.5. The molecule has 0 aliphatic heterocycles. The van der Waals surface area contributed by atoms with E-state index in [0.29, 0.717) is 18.2 Å². The molecule has 0 saturated heterocycles. The van der Waals surface area contributed by atoms with Crippen molar-refractivity contribution in [1.29, 1.82) is 0 Å². The molecule has 2 aromatic rings. The van der Waals surface area contributed by atoms with E-state index in [-0.39, 0.29) is 24.4 Å². The molecule has 2 saturated carbocycles. The summed E-state index contributed by atoms with van der Waals surface area (Å²) < 4.78 is 2.07. The van der Waals surface area contributed by atoms with Crippen LogP contribution in [0.3, 0.4) is 0 Å². The van der Waals surface area contributed by atoms with Crippen molar-refractivity contribution >= 4 is 11.8 Å². The van der Waals surface area contributed by atoms with Gasteiger partial charge in [0.15, 0.2) is 0 Å². The Labute approximate surface area is 173 Å². The third-order valence-electron chi connectivity index (χ3n) is 6.29. The largest absolute Gasteiger partial charge is 0.353 e. The molecule has 29 heavy (non-hydrogen) atoms. The summed E-state index contributed by atoms with van der Waals surface area (Å²) in [5.41, 5.74) is 1.80. The van der Waals surface area contributed by atoms with Crippen LogP contribution in [-0.4, -0.2) is 44.8 Å². The molecule has 0 unspecified atom stereocenters. The van der Waals surface area contributed by atoms with Gasteiger partial charge in [0, 0.05) is 36.6 Å². The van der Waals surface area contributed by atoms with Crippen molar-refractivity contribution in [1.82, 2.24) is 14.4 Å². The number of aryl methyl sites for hydroxylation is 1. The van der Waals surface area contributed by atoms with Crippen LogP contribution in [0, 0.1) is 0 Å². The third-order valence-corrected chi connectivity index (χ3v) is 6.29. The van der Waals surface area contributed by atoms with E-state index in [1.807, 2.05) is 59.4 Å². The molecule has 154 valence electrons. The van der Waals surface area contributed by atoms with Crippen LogP contribution in [0.15, 0.2) is 48.7 Å². The molecule has 5 nitrogen and oxygen atoms in total. The fourth-order valence-electron chi connectivity index (χ4n) is 4.38. The summed E-state index contributed by atoms with van der Waals surface area (Å²) in [6.45, 7) is 0.796. The Balaban J connectivity index is 1.53. The lowest BCUT2D eigenvalue weighted by atomic mass is 9.93. The van der Waals surface area contributed by atoms with E-state index in [9.17, 15) is 9.59 Å². The first-order valence-electron chi connectivity index (χ1n) is 10.9. The topological polar surface area (TPSA) is 45.6 Å². The Morgan fingerprint density at radius 2 is 1.59 bits per heavy atom. The van der Waals surface area contributed by atoms with Crippen molar-refractivity contribution in [2.75, 3.05) is 6.54 Å². The summed E-state index contributed by atoms with van der Waals surface area (Å²) in [7, 11) is 2.01. The normalized spacial score (nSPS) is 17.1. The molecule has 0 atom stereocenters. The minimum Gasteiger partial charge on any atom is -0.353 e. The van der Waals surface area contributed by atoms with Crippen LogP contribution in [0.2, 0.25) is 0 Å². The number of benzene rings is 1. The molecule has 2 aliphatic rings. The molecule has 1 aromatic heterocycles. The van der Waals surface area contributed by atoms with Gasteiger partial charge >= 0.3 is 0 Å². The van der Waals surface area contributed by atoms with Gasteiger partial charge < -0.3 is 14.4 Å². The van der Waals surface area contributed by atoms with Crippen LogP contribution in [0.5, 0.6) is 0 Å². The molecular formula is C24H31N3O2. The van der Waals surface area contributed by atoms with Crippen molar-refractivity contribution in [2.24, 2.45) is 7.05 Å². The molecule has 0 bridgehead atoms. The van der Waals surface area contributed by atoms with Gasteiger partial charge in [-0.1, -0.05) is 37.5 Å². The first kappa shape index (κ1) is 19.7. The highest BCUT2D eigenvalue weighted by molar-refractivity contribution is 5.96. The number of carbonyl (C=O) groups is 2. The number of amides is 2. The highest BCUT2D eigenvalue weighted by Crippen LogP contribution is 2.30. The maximum atomic E-state index is 13.4. The first-order chi connectivity index (χ1) is 14.1. The van der Waals surface area contributed by atoms with Gasteiger partial charge in [0.2, 0.25) is 5.91 Å². The van der Waals surface area contributed by atoms with E-state index < -0.39 is 0 Å². The van der Waals surface area contributed by atoms with Gasteiger partial charge in [-0.05, 0) is 49.9 Å². The van der Waals surface area contributed by atoms with Crippen molar-refractivity contribution in [2.45, 2.75) is 63.6 Å². The zero-order valence-electron chi connectivity index (χ0n) is 17.3. The van der Waals surface area contributed by atoms with Gasteiger partial charge in [-0.3, -0.25) is 9.59 Å². The number of rotatable bonds is 7. The number of nitrogens with zero attached hydrogens (tertiary/aromatic N) is 3. The summed E-state index contributed by atoms with van der Waals surface area (Å²) in [5.74, 6) is 0.0593. The Morgan fingerprint density at radius 1 is 0.897 bits per heavy atom. The number of hydrogen-bond donors (Lipinski definition) is 0. The molecule has 0 radical (unpaired) electrons. The van der Waals surface area contributed by atoms with E-state index in [2.05, 4.69) is 10.6 Å². The van der Waals surface area contributed by atoms with Gasteiger partial charge in [0.05, 0.1) is 6.54 Å². The van der Waals surface area contributed by atoms with E-state index in [1.165, 1.54) is 6.42 Å². The molecule has 1 aromatic carbocycles. The van der Waals surface area contributed by atoms with Crippen LogP contribution in [-0.2, 0) is 18.4 Å². The Bertz CT molecular complexity index is 835. The highest BCUT2D eigenvalue weighted by Gasteiger charge is 2.36. The van der Waals surface area contributed by atoms with Crippen molar-refractivity contribution in [3.63, 3.8) is 0 Å². The number of aromatic nitrogens is 1. The van der Waals surface area contributed by atoms with Gasteiger partial charge in [-0.15, -0.1) is 0 Å². The Morgan fingerprint density at radius 3 is 2.21 bits per heavy atom. The van der Waals surface area contributed by atoms with Gasteiger partial charge in [0.1, 0.15) is 6.54 Å². The molecule has 2 fully saturated rings. The van der Waals surface area contributed by atoms with E-state index in [4.69, 9.17) is 0 Å². The second-order valence-corrected chi connectivity index (χ2v) is 8.45. The van der Waals surface area contributed by atoms with E-state index in [1.54, 1.807) is 0 Å². The SMILES string of the molecule is Cn1cccc1CN(C(=O)CN(C(=O)c1ccccc1)C1CCCCC1)C1CC1. The summed E-state index contributed by atoms with van der Waals surface area (Å²) >= 11 is 0. The number of carbonyl (C=O) groups excluding carboxylic acids is 2. The zero-order valence-corrected chi connectivity index (χ0v) is 17.3. The second kappa shape index (κ2) is 8.85.